The van der Waals surface area contributed by atoms with Crippen molar-refractivity contribution < 1.29 is 28.6 Å². The second-order valence-corrected chi connectivity index (χ2v) is 22.7. The zero-order valence-corrected chi connectivity index (χ0v) is 53.3. The van der Waals surface area contributed by atoms with Crippen molar-refractivity contribution in [2.75, 3.05) is 13.2 Å². The van der Waals surface area contributed by atoms with E-state index in [0.717, 1.165) is 116 Å². The molecule has 0 aromatic rings. The first-order chi connectivity index (χ1) is 40.0. The topological polar surface area (TPSA) is 78.9 Å². The SMILES string of the molecule is CC/C=C\C/C=C\C/C=C\C/C=C\C/C=C\C/C=C\C/C=C\CCCCCCCCCCCC(=O)OCC(COC(=O)CCCCCCCCCCC)OC(=O)CCCCCCCCCCCCC/C=C\C/C=C\CCCCCCC. The van der Waals surface area contributed by atoms with Crippen LogP contribution < -0.4 is 0 Å². The van der Waals surface area contributed by atoms with E-state index in [1.54, 1.807) is 0 Å². The van der Waals surface area contributed by atoms with Crippen LogP contribution in [-0.2, 0) is 28.6 Å². The molecule has 0 rings (SSSR count). The van der Waals surface area contributed by atoms with Gasteiger partial charge in [-0.2, -0.15) is 0 Å². The van der Waals surface area contributed by atoms with E-state index in [1.807, 2.05) is 0 Å². The molecule has 464 valence electrons. The van der Waals surface area contributed by atoms with Crippen molar-refractivity contribution >= 4 is 17.9 Å². The molecule has 0 bridgehead atoms. The normalized spacial score (nSPS) is 12.8. The second kappa shape index (κ2) is 68.6. The van der Waals surface area contributed by atoms with Crippen molar-refractivity contribution in [1.29, 1.82) is 0 Å². The molecule has 0 radical (unpaired) electrons. The van der Waals surface area contributed by atoms with Gasteiger partial charge in [0.25, 0.3) is 0 Å². The molecule has 6 heteroatoms. The number of hydrogen-bond donors (Lipinski definition) is 0. The van der Waals surface area contributed by atoms with Crippen LogP contribution in [-0.4, -0.2) is 37.2 Å². The molecule has 0 N–H and O–H groups in total. The lowest BCUT2D eigenvalue weighted by molar-refractivity contribution is -0.167. The minimum atomic E-state index is -0.781. The zero-order valence-electron chi connectivity index (χ0n) is 53.3. The number of ether oxygens (including phenoxy) is 3. The molecule has 0 aliphatic heterocycles. The van der Waals surface area contributed by atoms with Crippen molar-refractivity contribution in [1.82, 2.24) is 0 Å². The lowest BCUT2D eigenvalue weighted by Gasteiger charge is -2.18. The Hall–Kier alpha value is -3.93. The van der Waals surface area contributed by atoms with Gasteiger partial charge in [0.2, 0.25) is 0 Å². The summed E-state index contributed by atoms with van der Waals surface area (Å²) >= 11 is 0. The average molecular weight is 1130 g/mol. The van der Waals surface area contributed by atoms with E-state index in [9.17, 15) is 14.4 Å². The molecule has 0 fully saturated rings. The predicted octanol–water partition coefficient (Wildman–Crippen LogP) is 23.8. The Labute approximate surface area is 501 Å². The molecule has 0 aromatic heterocycles. The number of carbonyl (C=O) groups excluding carboxylic acids is 3. The molecule has 81 heavy (non-hydrogen) atoms. The van der Waals surface area contributed by atoms with Gasteiger partial charge in [0.1, 0.15) is 13.2 Å². The molecule has 0 amide bonds. The third-order valence-corrected chi connectivity index (χ3v) is 14.8. The van der Waals surface area contributed by atoms with Gasteiger partial charge in [-0.1, -0.05) is 310 Å². The molecule has 1 unspecified atom stereocenters. The van der Waals surface area contributed by atoms with Crippen LogP contribution in [0.25, 0.3) is 0 Å². The number of rotatable bonds is 62. The summed E-state index contributed by atoms with van der Waals surface area (Å²) in [6.45, 7) is 6.52. The van der Waals surface area contributed by atoms with E-state index in [0.29, 0.717) is 19.3 Å². The fourth-order valence-corrected chi connectivity index (χ4v) is 9.63. The lowest BCUT2D eigenvalue weighted by Crippen LogP contribution is -2.30. The Morgan fingerprint density at radius 3 is 0.753 bits per heavy atom. The van der Waals surface area contributed by atoms with Gasteiger partial charge in [-0.15, -0.1) is 0 Å². The molecule has 0 aliphatic rings. The minimum Gasteiger partial charge on any atom is -0.462 e. The number of allylic oxidation sites excluding steroid dienone is 18. The largest absolute Gasteiger partial charge is 0.462 e. The molecule has 0 saturated carbocycles. The van der Waals surface area contributed by atoms with Gasteiger partial charge in [0, 0.05) is 19.3 Å². The first-order valence-corrected chi connectivity index (χ1v) is 34.4. The van der Waals surface area contributed by atoms with Crippen LogP contribution in [0, 0.1) is 0 Å². The van der Waals surface area contributed by atoms with Gasteiger partial charge in [0.15, 0.2) is 6.10 Å². The summed E-state index contributed by atoms with van der Waals surface area (Å²) in [4.78, 5) is 38.3. The maximum absolute atomic E-state index is 12.9. The molecular formula is C75H128O6. The number of carbonyl (C=O) groups is 3. The van der Waals surface area contributed by atoms with Gasteiger partial charge in [-0.05, 0) is 109 Å². The van der Waals surface area contributed by atoms with E-state index >= 15 is 0 Å². The Balaban J connectivity index is 4.20. The Morgan fingerprint density at radius 1 is 0.259 bits per heavy atom. The third kappa shape index (κ3) is 66.8. The lowest BCUT2D eigenvalue weighted by atomic mass is 10.0. The Morgan fingerprint density at radius 2 is 0.481 bits per heavy atom. The molecule has 0 heterocycles. The first kappa shape index (κ1) is 77.1. The fourth-order valence-electron chi connectivity index (χ4n) is 9.63. The van der Waals surface area contributed by atoms with Crippen molar-refractivity contribution in [2.24, 2.45) is 0 Å². The average Bonchev–Trinajstić information content (AvgIpc) is 3.47. The molecule has 0 saturated heterocycles. The number of esters is 3. The highest BCUT2D eigenvalue weighted by Crippen LogP contribution is 2.16. The van der Waals surface area contributed by atoms with Gasteiger partial charge in [-0.3, -0.25) is 14.4 Å². The highest BCUT2D eigenvalue weighted by molar-refractivity contribution is 5.71. The van der Waals surface area contributed by atoms with Gasteiger partial charge in [-0.25, -0.2) is 0 Å². The van der Waals surface area contributed by atoms with Crippen LogP contribution in [0.2, 0.25) is 0 Å². The maximum atomic E-state index is 12.9. The Kier molecular flexibility index (Phi) is 65.2. The van der Waals surface area contributed by atoms with E-state index < -0.39 is 6.10 Å². The minimum absolute atomic E-state index is 0.0781. The van der Waals surface area contributed by atoms with Crippen molar-refractivity contribution in [3.8, 4) is 0 Å². The molecule has 1 atom stereocenters. The van der Waals surface area contributed by atoms with Gasteiger partial charge in [0.05, 0.1) is 0 Å². The van der Waals surface area contributed by atoms with E-state index in [2.05, 4.69) is 130 Å². The second-order valence-electron chi connectivity index (χ2n) is 22.7. The summed E-state index contributed by atoms with van der Waals surface area (Å²) in [6.07, 6.45) is 94.0. The van der Waals surface area contributed by atoms with Crippen LogP contribution in [0.3, 0.4) is 0 Å². The zero-order chi connectivity index (χ0) is 58.5. The van der Waals surface area contributed by atoms with Gasteiger partial charge >= 0.3 is 17.9 Å². The molecular weight excluding hydrogens is 997 g/mol. The third-order valence-electron chi connectivity index (χ3n) is 14.8. The summed E-state index contributed by atoms with van der Waals surface area (Å²) in [5.41, 5.74) is 0. The van der Waals surface area contributed by atoms with E-state index in [1.165, 1.54) is 173 Å². The highest BCUT2D eigenvalue weighted by atomic mass is 16.6. The smallest absolute Gasteiger partial charge is 0.306 e. The summed E-state index contributed by atoms with van der Waals surface area (Å²) < 4.78 is 16.9. The highest BCUT2D eigenvalue weighted by Gasteiger charge is 2.19. The Bertz CT molecular complexity index is 1620. The van der Waals surface area contributed by atoms with Crippen LogP contribution >= 0.6 is 0 Å². The fraction of sp³-hybridized carbons (Fsp3) is 0.720. The van der Waals surface area contributed by atoms with E-state index in [4.69, 9.17) is 14.2 Å². The van der Waals surface area contributed by atoms with Crippen LogP contribution in [0.1, 0.15) is 329 Å². The molecule has 0 aliphatic carbocycles. The van der Waals surface area contributed by atoms with Crippen LogP contribution in [0.5, 0.6) is 0 Å². The maximum Gasteiger partial charge on any atom is 0.306 e. The molecule has 6 nitrogen and oxygen atoms in total. The standard InChI is InChI=1S/C75H128O6/c1-4-7-10-13-16-19-21-23-25-27-29-31-33-34-35-36-37-38-39-40-42-43-45-47-49-51-53-56-59-62-65-68-74(77)80-71-72(70-79-73(76)67-64-61-58-55-18-15-12-9-6-3)81-75(78)69-66-63-60-57-54-52-50-48-46-44-41-32-30-28-26-24-22-20-17-14-11-8-5-2/h7,10,16,19,22-25,28-31,34-35,37-38,40,42,72H,4-6,8-9,11-15,17-18,20-21,26-27,32-33,36,39,41,43-71H2,1-3H3/b10-7-,19-16-,24-22-,25-23-,30-28-,31-29-,35-34-,38-37-,42-40-. The van der Waals surface area contributed by atoms with E-state index in [-0.39, 0.29) is 31.1 Å². The van der Waals surface area contributed by atoms with Gasteiger partial charge < -0.3 is 14.2 Å². The van der Waals surface area contributed by atoms with Crippen LogP contribution in [0.15, 0.2) is 109 Å². The molecule has 0 spiro atoms. The summed E-state index contributed by atoms with van der Waals surface area (Å²) in [7, 11) is 0. The summed E-state index contributed by atoms with van der Waals surface area (Å²) in [5.74, 6) is -0.878. The number of unbranched alkanes of at least 4 members (excludes halogenated alkanes) is 33. The van der Waals surface area contributed by atoms with Crippen molar-refractivity contribution in [2.45, 2.75) is 335 Å². The predicted molar refractivity (Wildman–Crippen MR) is 353 cm³/mol. The van der Waals surface area contributed by atoms with Crippen molar-refractivity contribution in [3.05, 3.63) is 109 Å². The monoisotopic (exact) mass is 1120 g/mol. The first-order valence-electron chi connectivity index (χ1n) is 34.4. The summed E-state index contributed by atoms with van der Waals surface area (Å²) in [6, 6.07) is 0. The summed E-state index contributed by atoms with van der Waals surface area (Å²) in [5, 5.41) is 0. The quantitative estimate of drug-likeness (QED) is 0.0261. The van der Waals surface area contributed by atoms with Crippen molar-refractivity contribution in [3.63, 3.8) is 0 Å². The molecule has 0 aromatic carbocycles. The number of hydrogen-bond acceptors (Lipinski definition) is 6. The van der Waals surface area contributed by atoms with Crippen LogP contribution in [0.4, 0.5) is 0 Å².